The van der Waals surface area contributed by atoms with E-state index in [4.69, 9.17) is 5.73 Å². The van der Waals surface area contributed by atoms with Gasteiger partial charge in [-0.05, 0) is 55.3 Å². The second kappa shape index (κ2) is 8.82. The average Bonchev–Trinajstić information content (AvgIpc) is 2.71. The molecule has 0 heterocycles. The molecule has 4 heteroatoms. The minimum atomic E-state index is -0.0827. The van der Waals surface area contributed by atoms with Crippen molar-refractivity contribution in [1.29, 1.82) is 0 Å². The molecule has 150 valence electrons. The van der Waals surface area contributed by atoms with Crippen LogP contribution in [-0.2, 0) is 6.54 Å². The van der Waals surface area contributed by atoms with Gasteiger partial charge in [0.1, 0.15) is 0 Å². The van der Waals surface area contributed by atoms with Crippen molar-refractivity contribution in [1.82, 2.24) is 4.90 Å². The summed E-state index contributed by atoms with van der Waals surface area (Å²) in [6.45, 7) is 4.55. The number of nitrogen functional groups attached to an aromatic ring is 1. The van der Waals surface area contributed by atoms with Gasteiger partial charge in [-0.1, -0.05) is 48.0 Å². The third-order valence-corrected chi connectivity index (χ3v) is 5.20. The number of rotatable bonds is 6. The van der Waals surface area contributed by atoms with E-state index in [0.717, 1.165) is 22.4 Å². The van der Waals surface area contributed by atoms with Crippen molar-refractivity contribution >= 4 is 17.3 Å². The summed E-state index contributed by atoms with van der Waals surface area (Å²) in [4.78, 5) is 17.5. The summed E-state index contributed by atoms with van der Waals surface area (Å²) in [5.41, 5.74) is 11.7. The molecular formula is C25H29N3O. The zero-order valence-electron chi connectivity index (χ0n) is 17.6. The van der Waals surface area contributed by atoms with Crippen molar-refractivity contribution in [3.05, 3.63) is 95.1 Å². The molecular weight excluding hydrogens is 358 g/mol. The number of carbonyl (C=O) groups excluding carboxylic acids is 1. The molecule has 1 amide bonds. The second-order valence-electron chi connectivity index (χ2n) is 7.67. The number of hydrogen-bond acceptors (Lipinski definition) is 3. The summed E-state index contributed by atoms with van der Waals surface area (Å²) in [6.07, 6.45) is 0. The maximum atomic E-state index is 13.6. The molecule has 0 saturated heterocycles. The quantitative estimate of drug-likeness (QED) is 0.602. The molecule has 0 bridgehead atoms. The third-order valence-electron chi connectivity index (χ3n) is 5.20. The number of nitrogens with zero attached hydrogens (tertiary/aromatic N) is 2. The Hall–Kier alpha value is -3.27. The lowest BCUT2D eigenvalue weighted by Gasteiger charge is -2.31. The predicted molar refractivity (Wildman–Crippen MR) is 121 cm³/mol. The van der Waals surface area contributed by atoms with Crippen LogP contribution in [0.25, 0.3) is 0 Å². The highest BCUT2D eigenvalue weighted by Crippen LogP contribution is 2.29. The minimum Gasteiger partial charge on any atom is -0.399 e. The van der Waals surface area contributed by atoms with Crippen LogP contribution in [0.2, 0.25) is 0 Å². The topological polar surface area (TPSA) is 49.6 Å². The standard InChI is InChI=1S/C25H29N3O/c1-18-9-8-12-21(15-18)25(29)28(19(2)20-10-6-5-7-11-20)17-22-16-23(26)13-14-24(22)27(3)4/h5-16,19H,17,26H2,1-4H3. The fraction of sp³-hybridized carbons (Fsp3) is 0.240. The van der Waals surface area contributed by atoms with Gasteiger partial charge in [-0.3, -0.25) is 4.79 Å². The van der Waals surface area contributed by atoms with Gasteiger partial charge in [-0.15, -0.1) is 0 Å². The first-order valence-corrected chi connectivity index (χ1v) is 9.85. The number of anilines is 2. The molecule has 0 spiro atoms. The maximum Gasteiger partial charge on any atom is 0.254 e. The lowest BCUT2D eigenvalue weighted by Crippen LogP contribution is -2.33. The van der Waals surface area contributed by atoms with Gasteiger partial charge in [0.05, 0.1) is 6.04 Å². The molecule has 0 aliphatic heterocycles. The van der Waals surface area contributed by atoms with Gasteiger partial charge in [0.25, 0.3) is 5.91 Å². The van der Waals surface area contributed by atoms with Crippen LogP contribution in [0.3, 0.4) is 0 Å². The summed E-state index contributed by atoms with van der Waals surface area (Å²) < 4.78 is 0. The summed E-state index contributed by atoms with van der Waals surface area (Å²) >= 11 is 0. The predicted octanol–water partition coefficient (Wildman–Crippen LogP) is 5.05. The third kappa shape index (κ3) is 4.77. The highest BCUT2D eigenvalue weighted by Gasteiger charge is 2.24. The van der Waals surface area contributed by atoms with E-state index in [1.807, 2.05) is 86.6 Å². The van der Waals surface area contributed by atoms with E-state index in [-0.39, 0.29) is 11.9 Å². The van der Waals surface area contributed by atoms with Gasteiger partial charge in [-0.25, -0.2) is 0 Å². The monoisotopic (exact) mass is 387 g/mol. The van der Waals surface area contributed by atoms with E-state index in [1.165, 1.54) is 0 Å². The van der Waals surface area contributed by atoms with Crippen LogP contribution in [-0.4, -0.2) is 24.9 Å². The normalized spacial score (nSPS) is 11.7. The molecule has 0 fully saturated rings. The van der Waals surface area contributed by atoms with Gasteiger partial charge in [0.15, 0.2) is 0 Å². The van der Waals surface area contributed by atoms with Gasteiger partial charge in [-0.2, -0.15) is 0 Å². The molecule has 0 saturated carbocycles. The summed E-state index contributed by atoms with van der Waals surface area (Å²) in [5, 5.41) is 0. The molecule has 1 unspecified atom stereocenters. The largest absolute Gasteiger partial charge is 0.399 e. The van der Waals surface area contributed by atoms with E-state index < -0.39 is 0 Å². The smallest absolute Gasteiger partial charge is 0.254 e. The Labute approximate surface area is 173 Å². The van der Waals surface area contributed by atoms with Crippen LogP contribution in [0.4, 0.5) is 11.4 Å². The summed E-state index contributed by atoms with van der Waals surface area (Å²) in [7, 11) is 4.00. The first-order valence-electron chi connectivity index (χ1n) is 9.85. The van der Waals surface area contributed by atoms with E-state index >= 15 is 0 Å². The molecule has 4 nitrogen and oxygen atoms in total. The SMILES string of the molecule is Cc1cccc(C(=O)N(Cc2cc(N)ccc2N(C)C)C(C)c2ccccc2)c1. The Morgan fingerprint density at radius 2 is 1.69 bits per heavy atom. The van der Waals surface area contributed by atoms with Crippen LogP contribution in [0.15, 0.2) is 72.8 Å². The molecule has 0 aromatic heterocycles. The fourth-order valence-corrected chi connectivity index (χ4v) is 3.59. The Morgan fingerprint density at radius 3 is 2.34 bits per heavy atom. The first-order chi connectivity index (χ1) is 13.9. The number of hydrogen-bond donors (Lipinski definition) is 1. The first kappa shape index (κ1) is 20.5. The lowest BCUT2D eigenvalue weighted by atomic mass is 10.0. The molecule has 3 rings (SSSR count). The molecule has 0 aliphatic rings. The van der Waals surface area contributed by atoms with Crippen LogP contribution in [0.1, 0.15) is 40.0 Å². The number of carbonyl (C=O) groups is 1. The van der Waals surface area contributed by atoms with Gasteiger partial charge < -0.3 is 15.5 Å². The summed E-state index contributed by atoms with van der Waals surface area (Å²) in [6, 6.07) is 23.7. The molecule has 0 radical (unpaired) electrons. The van der Waals surface area contributed by atoms with E-state index in [9.17, 15) is 4.79 Å². The van der Waals surface area contributed by atoms with Crippen molar-refractivity contribution in [2.75, 3.05) is 24.7 Å². The van der Waals surface area contributed by atoms with Crippen LogP contribution < -0.4 is 10.6 Å². The van der Waals surface area contributed by atoms with Gasteiger partial charge in [0.2, 0.25) is 0 Å². The fourth-order valence-electron chi connectivity index (χ4n) is 3.59. The minimum absolute atomic E-state index is 0.0113. The van der Waals surface area contributed by atoms with Crippen LogP contribution >= 0.6 is 0 Å². The van der Waals surface area contributed by atoms with E-state index in [0.29, 0.717) is 17.8 Å². The number of benzene rings is 3. The van der Waals surface area contributed by atoms with Crippen LogP contribution in [0.5, 0.6) is 0 Å². The molecule has 2 N–H and O–H groups in total. The maximum absolute atomic E-state index is 13.6. The van der Waals surface area contributed by atoms with Crippen molar-refractivity contribution in [2.24, 2.45) is 0 Å². The zero-order valence-corrected chi connectivity index (χ0v) is 17.6. The van der Waals surface area contributed by atoms with Crippen molar-refractivity contribution in [2.45, 2.75) is 26.4 Å². The lowest BCUT2D eigenvalue weighted by molar-refractivity contribution is 0.0674. The highest BCUT2D eigenvalue weighted by molar-refractivity contribution is 5.94. The Morgan fingerprint density at radius 1 is 0.966 bits per heavy atom. The zero-order chi connectivity index (χ0) is 21.0. The van der Waals surface area contributed by atoms with Gasteiger partial charge in [0, 0.05) is 37.6 Å². The number of nitrogens with two attached hydrogens (primary N) is 1. The summed E-state index contributed by atoms with van der Waals surface area (Å²) in [5.74, 6) is 0.0113. The van der Waals surface area contributed by atoms with E-state index in [2.05, 4.69) is 24.0 Å². The Kier molecular flexibility index (Phi) is 6.23. The Bertz CT molecular complexity index is 982. The highest BCUT2D eigenvalue weighted by atomic mass is 16.2. The number of aryl methyl sites for hydroxylation is 1. The van der Waals surface area contributed by atoms with Gasteiger partial charge >= 0.3 is 0 Å². The van der Waals surface area contributed by atoms with E-state index in [1.54, 1.807) is 0 Å². The molecule has 1 atom stereocenters. The van der Waals surface area contributed by atoms with Crippen molar-refractivity contribution < 1.29 is 4.79 Å². The Balaban J connectivity index is 2.04. The van der Waals surface area contributed by atoms with Crippen molar-refractivity contribution in [3.63, 3.8) is 0 Å². The second-order valence-corrected chi connectivity index (χ2v) is 7.67. The molecule has 29 heavy (non-hydrogen) atoms. The molecule has 3 aromatic rings. The average molecular weight is 388 g/mol. The molecule has 3 aromatic carbocycles. The number of amides is 1. The van der Waals surface area contributed by atoms with Crippen LogP contribution in [0, 0.1) is 6.92 Å². The molecule has 0 aliphatic carbocycles. The van der Waals surface area contributed by atoms with Crippen molar-refractivity contribution in [3.8, 4) is 0 Å².